The third kappa shape index (κ3) is 1.62. The van der Waals surface area contributed by atoms with E-state index in [1.807, 2.05) is 10.9 Å². The van der Waals surface area contributed by atoms with Crippen LogP contribution in [0.25, 0.3) is 5.69 Å². The van der Waals surface area contributed by atoms with Crippen LogP contribution in [0.1, 0.15) is 30.9 Å². The lowest BCUT2D eigenvalue weighted by Gasteiger charge is -2.22. The maximum Gasteiger partial charge on any atom is 0.123 e. The monoisotopic (exact) mass is 216 g/mol. The molecule has 1 fully saturated rings. The Labute approximate surface area is 93.7 Å². The van der Waals surface area contributed by atoms with Crippen molar-refractivity contribution < 1.29 is 4.39 Å². The van der Waals surface area contributed by atoms with Crippen LogP contribution >= 0.6 is 0 Å². The van der Waals surface area contributed by atoms with E-state index in [2.05, 4.69) is 11.2 Å². The predicted molar refractivity (Wildman–Crippen MR) is 60.1 cm³/mol. The van der Waals surface area contributed by atoms with Crippen molar-refractivity contribution in [3.05, 3.63) is 48.0 Å². The highest BCUT2D eigenvalue weighted by molar-refractivity contribution is 5.31. The summed E-state index contributed by atoms with van der Waals surface area (Å²) in [5, 5.41) is 4.53. The van der Waals surface area contributed by atoms with E-state index in [-0.39, 0.29) is 5.82 Å². The maximum atomic E-state index is 12.8. The molecule has 0 unspecified atom stereocenters. The number of nitrogens with zero attached hydrogens (tertiary/aromatic N) is 2. The lowest BCUT2D eigenvalue weighted by atomic mass is 9.83. The van der Waals surface area contributed by atoms with E-state index in [4.69, 9.17) is 0 Å². The molecule has 1 aromatic heterocycles. The van der Waals surface area contributed by atoms with Crippen molar-refractivity contribution in [3.63, 3.8) is 0 Å². The van der Waals surface area contributed by atoms with E-state index >= 15 is 0 Å². The van der Waals surface area contributed by atoms with Gasteiger partial charge in [-0.05, 0) is 43.2 Å². The predicted octanol–water partition coefficient (Wildman–Crippen LogP) is 3.28. The van der Waals surface area contributed by atoms with Crippen molar-refractivity contribution in [1.29, 1.82) is 0 Å². The number of hydrogen-bond donors (Lipinski definition) is 0. The Morgan fingerprint density at radius 2 is 1.88 bits per heavy atom. The van der Waals surface area contributed by atoms with Crippen LogP contribution in [0, 0.1) is 5.82 Å². The van der Waals surface area contributed by atoms with Crippen molar-refractivity contribution in [1.82, 2.24) is 9.78 Å². The van der Waals surface area contributed by atoms with Gasteiger partial charge in [0, 0.05) is 12.1 Å². The Morgan fingerprint density at radius 1 is 1.12 bits per heavy atom. The molecule has 0 N–H and O–H groups in total. The molecule has 0 radical (unpaired) electrons. The summed E-state index contributed by atoms with van der Waals surface area (Å²) in [5.41, 5.74) is 2.07. The molecule has 1 aliphatic rings. The lowest BCUT2D eigenvalue weighted by molar-refractivity contribution is 0.409. The summed E-state index contributed by atoms with van der Waals surface area (Å²) in [6.45, 7) is 0. The van der Waals surface area contributed by atoms with Crippen LogP contribution in [0.3, 0.4) is 0 Å². The maximum absolute atomic E-state index is 12.8. The van der Waals surface area contributed by atoms with Gasteiger partial charge in [0.25, 0.3) is 0 Å². The summed E-state index contributed by atoms with van der Waals surface area (Å²) in [5.74, 6) is 0.428. The van der Waals surface area contributed by atoms with E-state index in [1.54, 1.807) is 12.1 Å². The molecule has 0 atom stereocenters. The Bertz CT molecular complexity index is 483. The SMILES string of the molecule is Fc1ccc(-n2ccc(C3CCC3)n2)cc1. The van der Waals surface area contributed by atoms with E-state index < -0.39 is 0 Å². The van der Waals surface area contributed by atoms with E-state index in [9.17, 15) is 4.39 Å². The lowest BCUT2D eigenvalue weighted by Crippen LogP contribution is -2.09. The molecule has 16 heavy (non-hydrogen) atoms. The molecule has 0 amide bonds. The third-order valence-electron chi connectivity index (χ3n) is 3.22. The fourth-order valence-electron chi connectivity index (χ4n) is 2.00. The number of halogens is 1. The molecule has 1 aromatic carbocycles. The minimum atomic E-state index is -0.213. The molecule has 0 spiro atoms. The van der Waals surface area contributed by atoms with Gasteiger partial charge in [-0.25, -0.2) is 9.07 Å². The van der Waals surface area contributed by atoms with Crippen molar-refractivity contribution in [2.24, 2.45) is 0 Å². The molecule has 0 saturated heterocycles. The average molecular weight is 216 g/mol. The van der Waals surface area contributed by atoms with E-state index in [0.29, 0.717) is 5.92 Å². The highest BCUT2D eigenvalue weighted by atomic mass is 19.1. The van der Waals surface area contributed by atoms with Crippen molar-refractivity contribution >= 4 is 0 Å². The van der Waals surface area contributed by atoms with Gasteiger partial charge in [0.1, 0.15) is 5.82 Å². The van der Waals surface area contributed by atoms with Crippen molar-refractivity contribution in [2.75, 3.05) is 0 Å². The Kier molecular flexibility index (Phi) is 2.24. The quantitative estimate of drug-likeness (QED) is 0.753. The summed E-state index contributed by atoms with van der Waals surface area (Å²) < 4.78 is 14.6. The highest BCUT2D eigenvalue weighted by Crippen LogP contribution is 2.35. The molecule has 0 bridgehead atoms. The summed E-state index contributed by atoms with van der Waals surface area (Å²) in [7, 11) is 0. The molecule has 1 heterocycles. The van der Waals surface area contributed by atoms with Gasteiger partial charge in [-0.1, -0.05) is 6.42 Å². The second-order valence-electron chi connectivity index (χ2n) is 4.29. The molecule has 2 nitrogen and oxygen atoms in total. The van der Waals surface area contributed by atoms with Gasteiger partial charge in [-0.3, -0.25) is 0 Å². The molecule has 2 aromatic rings. The fraction of sp³-hybridized carbons (Fsp3) is 0.308. The normalized spacial score (nSPS) is 16.1. The fourth-order valence-corrected chi connectivity index (χ4v) is 2.00. The second kappa shape index (κ2) is 3.74. The number of rotatable bonds is 2. The first-order chi connectivity index (χ1) is 7.83. The van der Waals surface area contributed by atoms with Gasteiger partial charge in [-0.2, -0.15) is 5.10 Å². The van der Waals surface area contributed by atoms with Crippen LogP contribution in [0.4, 0.5) is 4.39 Å². The van der Waals surface area contributed by atoms with Crippen LogP contribution in [-0.4, -0.2) is 9.78 Å². The molecule has 0 aliphatic heterocycles. The summed E-state index contributed by atoms with van der Waals surface area (Å²) in [6.07, 6.45) is 5.76. The van der Waals surface area contributed by atoms with Crippen LogP contribution in [0.2, 0.25) is 0 Å². The van der Waals surface area contributed by atoms with Gasteiger partial charge in [0.2, 0.25) is 0 Å². The van der Waals surface area contributed by atoms with Gasteiger partial charge < -0.3 is 0 Å². The molecular weight excluding hydrogens is 203 g/mol. The Balaban J connectivity index is 1.88. The largest absolute Gasteiger partial charge is 0.241 e. The molecule has 1 saturated carbocycles. The smallest absolute Gasteiger partial charge is 0.123 e. The molecule has 3 rings (SSSR count). The number of hydrogen-bond acceptors (Lipinski definition) is 1. The minimum absolute atomic E-state index is 0.213. The Morgan fingerprint density at radius 3 is 2.50 bits per heavy atom. The average Bonchev–Trinajstić information content (AvgIpc) is 2.65. The van der Waals surface area contributed by atoms with Crippen LogP contribution < -0.4 is 0 Å². The standard InChI is InChI=1S/C13H13FN2/c14-11-4-6-12(7-5-11)16-9-8-13(15-16)10-2-1-3-10/h4-10H,1-3H2. The summed E-state index contributed by atoms with van der Waals surface area (Å²) in [6, 6.07) is 8.47. The van der Waals surface area contributed by atoms with Gasteiger partial charge in [0.05, 0.1) is 11.4 Å². The second-order valence-corrected chi connectivity index (χ2v) is 4.29. The number of aromatic nitrogens is 2. The van der Waals surface area contributed by atoms with Crippen LogP contribution in [0.15, 0.2) is 36.5 Å². The van der Waals surface area contributed by atoms with Gasteiger partial charge >= 0.3 is 0 Å². The van der Waals surface area contributed by atoms with Crippen LogP contribution in [0.5, 0.6) is 0 Å². The zero-order chi connectivity index (χ0) is 11.0. The Hall–Kier alpha value is -1.64. The summed E-state index contributed by atoms with van der Waals surface area (Å²) >= 11 is 0. The molecular formula is C13H13FN2. The third-order valence-corrected chi connectivity index (χ3v) is 3.22. The van der Waals surface area contributed by atoms with E-state index in [1.165, 1.54) is 31.4 Å². The van der Waals surface area contributed by atoms with Gasteiger partial charge in [-0.15, -0.1) is 0 Å². The summed E-state index contributed by atoms with van der Waals surface area (Å²) in [4.78, 5) is 0. The minimum Gasteiger partial charge on any atom is -0.241 e. The van der Waals surface area contributed by atoms with Crippen molar-refractivity contribution in [2.45, 2.75) is 25.2 Å². The van der Waals surface area contributed by atoms with E-state index in [0.717, 1.165) is 11.4 Å². The zero-order valence-electron chi connectivity index (χ0n) is 8.94. The van der Waals surface area contributed by atoms with Crippen molar-refractivity contribution in [3.8, 4) is 5.69 Å². The first-order valence-electron chi connectivity index (χ1n) is 5.64. The first-order valence-corrected chi connectivity index (χ1v) is 5.64. The highest BCUT2D eigenvalue weighted by Gasteiger charge is 2.21. The first kappa shape index (κ1) is 9.58. The van der Waals surface area contributed by atoms with Gasteiger partial charge in [0.15, 0.2) is 0 Å². The zero-order valence-corrected chi connectivity index (χ0v) is 8.94. The molecule has 1 aliphatic carbocycles. The number of benzene rings is 1. The van der Waals surface area contributed by atoms with Crippen LogP contribution in [-0.2, 0) is 0 Å². The molecule has 82 valence electrons. The molecule has 3 heteroatoms. The topological polar surface area (TPSA) is 17.8 Å².